The van der Waals surface area contributed by atoms with E-state index in [0.717, 1.165) is 33.5 Å². The molecule has 5 heteroatoms. The second-order valence-corrected chi connectivity index (χ2v) is 7.81. The zero-order valence-corrected chi connectivity index (χ0v) is 16.5. The van der Waals surface area contributed by atoms with Gasteiger partial charge in [-0.3, -0.25) is 4.79 Å². The molecular formula is C23H17BrN2O2. The summed E-state index contributed by atoms with van der Waals surface area (Å²) >= 11 is 3.42. The van der Waals surface area contributed by atoms with Gasteiger partial charge in [0.1, 0.15) is 5.75 Å². The molecular weight excluding hydrogens is 416 g/mol. The van der Waals surface area contributed by atoms with Gasteiger partial charge in [-0.2, -0.15) is 5.10 Å². The fourth-order valence-electron chi connectivity index (χ4n) is 3.77. The van der Waals surface area contributed by atoms with Crippen LogP contribution in [0.15, 0.2) is 88.4 Å². The number of benzene rings is 3. The summed E-state index contributed by atoms with van der Waals surface area (Å²) < 4.78 is 7.07. The van der Waals surface area contributed by atoms with Crippen molar-refractivity contribution in [2.75, 3.05) is 0 Å². The van der Waals surface area contributed by atoms with Gasteiger partial charge < -0.3 is 4.74 Å². The van der Waals surface area contributed by atoms with Crippen LogP contribution < -0.4 is 4.74 Å². The lowest BCUT2D eigenvalue weighted by Gasteiger charge is -2.37. The summed E-state index contributed by atoms with van der Waals surface area (Å²) in [5.41, 5.74) is 3.72. The highest BCUT2D eigenvalue weighted by Crippen LogP contribution is 2.43. The first-order valence-electron chi connectivity index (χ1n) is 9.17. The molecule has 0 fully saturated rings. The Labute approximate surface area is 171 Å². The normalized spacial score (nSPS) is 20.0. The number of fused-ring (bicyclic) bond motifs is 3. The number of ether oxygens (including phenoxy) is 1. The highest BCUT2D eigenvalue weighted by molar-refractivity contribution is 9.10. The summed E-state index contributed by atoms with van der Waals surface area (Å²) in [7, 11) is 0. The van der Waals surface area contributed by atoms with Gasteiger partial charge in [-0.05, 0) is 23.8 Å². The molecule has 0 aliphatic carbocycles. The SMILES string of the molecule is O=C(c1ccc(Br)cc1)[C@@H]1Oc2ccccc2[C@H]2CC(c3ccccc3)=NN21. The minimum atomic E-state index is -0.776. The lowest BCUT2D eigenvalue weighted by molar-refractivity contribution is -0.00455. The van der Waals surface area contributed by atoms with Crippen molar-refractivity contribution in [2.45, 2.75) is 18.7 Å². The Hall–Kier alpha value is -2.92. The van der Waals surface area contributed by atoms with Crippen LogP contribution in [0, 0.1) is 0 Å². The molecule has 2 heterocycles. The Morgan fingerprint density at radius 3 is 2.46 bits per heavy atom. The number of hydrogen-bond acceptors (Lipinski definition) is 4. The Bertz CT molecular complexity index is 1060. The molecule has 3 aromatic carbocycles. The van der Waals surface area contributed by atoms with E-state index in [0.29, 0.717) is 5.56 Å². The molecule has 3 aromatic rings. The number of carbonyl (C=O) groups excluding carboxylic acids is 1. The predicted molar refractivity (Wildman–Crippen MR) is 112 cm³/mol. The van der Waals surface area contributed by atoms with Gasteiger partial charge >= 0.3 is 0 Å². The Morgan fingerprint density at radius 1 is 0.964 bits per heavy atom. The third-order valence-corrected chi connectivity index (χ3v) is 5.69. The molecule has 0 saturated carbocycles. The van der Waals surface area contributed by atoms with Crippen molar-refractivity contribution in [1.29, 1.82) is 0 Å². The number of Topliss-reactive ketones (excluding diaryl/α,β-unsaturated/α-hetero) is 1. The summed E-state index contributed by atoms with van der Waals surface area (Å²) in [6.45, 7) is 0. The van der Waals surface area contributed by atoms with E-state index < -0.39 is 6.23 Å². The maximum atomic E-state index is 13.3. The van der Waals surface area contributed by atoms with Gasteiger partial charge in [-0.25, -0.2) is 5.01 Å². The van der Waals surface area contributed by atoms with Crippen LogP contribution in [0.5, 0.6) is 5.75 Å². The maximum Gasteiger partial charge on any atom is 0.251 e. The number of para-hydroxylation sites is 1. The molecule has 0 spiro atoms. The maximum absolute atomic E-state index is 13.3. The molecule has 0 N–H and O–H groups in total. The quantitative estimate of drug-likeness (QED) is 0.533. The van der Waals surface area contributed by atoms with Gasteiger partial charge in [0, 0.05) is 22.0 Å². The standard InChI is InChI=1S/C23H17BrN2O2/c24-17-12-10-16(11-13-17)22(27)23-26-20(18-8-4-5-9-21(18)28-23)14-19(25-26)15-6-2-1-3-7-15/h1-13,20,23H,14H2/t20-,23+/m1/s1. The van der Waals surface area contributed by atoms with E-state index in [-0.39, 0.29) is 11.8 Å². The summed E-state index contributed by atoms with van der Waals surface area (Å²) in [6.07, 6.45) is -0.0311. The average molecular weight is 433 g/mol. The van der Waals surface area contributed by atoms with Crippen molar-refractivity contribution in [1.82, 2.24) is 5.01 Å². The van der Waals surface area contributed by atoms with E-state index in [9.17, 15) is 4.79 Å². The summed E-state index contributed by atoms with van der Waals surface area (Å²) in [5.74, 6) is 0.661. The minimum absolute atomic E-state index is 0.00967. The van der Waals surface area contributed by atoms with Gasteiger partial charge in [0.2, 0.25) is 5.78 Å². The molecule has 0 radical (unpaired) electrons. The van der Waals surface area contributed by atoms with E-state index in [4.69, 9.17) is 9.84 Å². The highest BCUT2D eigenvalue weighted by Gasteiger charge is 2.43. The van der Waals surface area contributed by atoms with Crippen molar-refractivity contribution < 1.29 is 9.53 Å². The van der Waals surface area contributed by atoms with E-state index >= 15 is 0 Å². The lowest BCUT2D eigenvalue weighted by atomic mass is 9.96. The van der Waals surface area contributed by atoms with E-state index in [2.05, 4.69) is 34.1 Å². The number of carbonyl (C=O) groups is 1. The number of nitrogens with zero attached hydrogens (tertiary/aromatic N) is 2. The van der Waals surface area contributed by atoms with Gasteiger partial charge in [-0.15, -0.1) is 0 Å². The van der Waals surface area contributed by atoms with Crippen LogP contribution in [0.2, 0.25) is 0 Å². The van der Waals surface area contributed by atoms with Crippen LogP contribution in [0.3, 0.4) is 0 Å². The van der Waals surface area contributed by atoms with Crippen LogP contribution in [0.25, 0.3) is 0 Å². The first-order chi connectivity index (χ1) is 13.7. The molecule has 2 aliphatic rings. The number of rotatable bonds is 3. The largest absolute Gasteiger partial charge is 0.461 e. The first kappa shape index (κ1) is 17.2. The van der Waals surface area contributed by atoms with E-state index in [1.54, 1.807) is 0 Å². The van der Waals surface area contributed by atoms with Crippen molar-refractivity contribution in [2.24, 2.45) is 5.10 Å². The molecule has 2 atom stereocenters. The Balaban J connectivity index is 1.56. The summed E-state index contributed by atoms with van der Waals surface area (Å²) in [5, 5.41) is 6.65. The Morgan fingerprint density at radius 2 is 1.68 bits per heavy atom. The van der Waals surface area contributed by atoms with Gasteiger partial charge in [0.15, 0.2) is 0 Å². The third kappa shape index (κ3) is 2.92. The molecule has 138 valence electrons. The lowest BCUT2D eigenvalue weighted by Crippen LogP contribution is -2.45. The van der Waals surface area contributed by atoms with Gasteiger partial charge in [-0.1, -0.05) is 76.6 Å². The molecule has 28 heavy (non-hydrogen) atoms. The monoisotopic (exact) mass is 432 g/mol. The minimum Gasteiger partial charge on any atom is -0.461 e. The molecule has 0 bridgehead atoms. The molecule has 0 aromatic heterocycles. The number of hydrazone groups is 1. The second-order valence-electron chi connectivity index (χ2n) is 6.89. The zero-order chi connectivity index (χ0) is 19.1. The molecule has 0 amide bonds. The second kappa shape index (κ2) is 6.91. The topological polar surface area (TPSA) is 41.9 Å². The summed E-state index contributed by atoms with van der Waals surface area (Å²) in [4.78, 5) is 13.3. The number of hydrogen-bond donors (Lipinski definition) is 0. The average Bonchev–Trinajstić information content (AvgIpc) is 3.20. The molecule has 5 rings (SSSR count). The van der Waals surface area contributed by atoms with Gasteiger partial charge in [0.05, 0.1) is 11.8 Å². The van der Waals surface area contributed by atoms with Crippen molar-refractivity contribution in [3.05, 3.63) is 100 Å². The Kier molecular flexibility index (Phi) is 4.24. The van der Waals surface area contributed by atoms with E-state index in [1.807, 2.05) is 65.7 Å². The third-order valence-electron chi connectivity index (χ3n) is 5.16. The zero-order valence-electron chi connectivity index (χ0n) is 15.0. The van der Waals surface area contributed by atoms with Crippen molar-refractivity contribution in [3.8, 4) is 5.75 Å². The van der Waals surface area contributed by atoms with Crippen LogP contribution >= 0.6 is 15.9 Å². The summed E-state index contributed by atoms with van der Waals surface area (Å²) in [6, 6.07) is 25.3. The van der Waals surface area contributed by atoms with Crippen LogP contribution in [-0.2, 0) is 0 Å². The number of ketones is 1. The van der Waals surface area contributed by atoms with Crippen LogP contribution in [-0.4, -0.2) is 22.7 Å². The highest BCUT2D eigenvalue weighted by atomic mass is 79.9. The molecule has 2 aliphatic heterocycles. The predicted octanol–water partition coefficient (Wildman–Crippen LogP) is 5.20. The van der Waals surface area contributed by atoms with Crippen LogP contribution in [0.4, 0.5) is 0 Å². The van der Waals surface area contributed by atoms with Crippen LogP contribution in [0.1, 0.15) is 33.9 Å². The fourth-order valence-corrected chi connectivity index (χ4v) is 4.03. The molecule has 0 unspecified atom stereocenters. The molecule has 0 saturated heterocycles. The van der Waals surface area contributed by atoms with Gasteiger partial charge in [0.25, 0.3) is 6.23 Å². The van der Waals surface area contributed by atoms with Crippen molar-refractivity contribution >= 4 is 27.4 Å². The smallest absolute Gasteiger partial charge is 0.251 e. The van der Waals surface area contributed by atoms with Crippen molar-refractivity contribution in [3.63, 3.8) is 0 Å². The number of halogens is 1. The fraction of sp³-hybridized carbons (Fsp3) is 0.130. The van der Waals surface area contributed by atoms with E-state index in [1.165, 1.54) is 0 Å². The first-order valence-corrected chi connectivity index (χ1v) is 9.96. The molecule has 4 nitrogen and oxygen atoms in total.